The summed E-state index contributed by atoms with van der Waals surface area (Å²) in [5.41, 5.74) is -1.67. The Bertz CT molecular complexity index is 496. The number of hydrogen-bond donors (Lipinski definition) is 0. The lowest BCUT2D eigenvalue weighted by molar-refractivity contribution is -0.149. The average Bonchev–Trinajstić information content (AvgIpc) is 2.33. The fraction of sp³-hybridized carbons (Fsp3) is 0.385. The molecule has 1 rings (SSSR count). The van der Waals surface area contributed by atoms with Gasteiger partial charge in [-0.25, -0.2) is 8.78 Å². The van der Waals surface area contributed by atoms with Crippen LogP contribution in [0.4, 0.5) is 8.78 Å². The van der Waals surface area contributed by atoms with Crippen molar-refractivity contribution in [2.45, 2.75) is 25.7 Å². The average molecular weight is 253 g/mol. The van der Waals surface area contributed by atoms with E-state index in [2.05, 4.69) is 0 Å². The van der Waals surface area contributed by atoms with Crippen LogP contribution < -0.4 is 0 Å². The lowest BCUT2D eigenvalue weighted by Crippen LogP contribution is -2.35. The smallest absolute Gasteiger partial charge is 0.317 e. The van der Waals surface area contributed by atoms with Crippen LogP contribution in [-0.2, 0) is 14.9 Å². The Kier molecular flexibility index (Phi) is 4.38. The van der Waals surface area contributed by atoms with Gasteiger partial charge in [-0.05, 0) is 19.9 Å². The normalized spacial score (nSPS) is 13.5. The van der Waals surface area contributed by atoms with Gasteiger partial charge in [0.05, 0.1) is 19.1 Å². The molecule has 0 heterocycles. The highest BCUT2D eigenvalue weighted by Gasteiger charge is 2.39. The van der Waals surface area contributed by atoms with Gasteiger partial charge in [-0.3, -0.25) is 4.79 Å². The van der Waals surface area contributed by atoms with Crippen LogP contribution >= 0.6 is 0 Å². The van der Waals surface area contributed by atoms with E-state index in [1.807, 2.05) is 0 Å². The second-order valence-electron chi connectivity index (χ2n) is 3.99. The van der Waals surface area contributed by atoms with Crippen molar-refractivity contribution in [3.05, 3.63) is 35.4 Å². The zero-order valence-corrected chi connectivity index (χ0v) is 10.2. The molecule has 0 saturated carbocycles. The Morgan fingerprint density at radius 2 is 2.17 bits per heavy atom. The number of nitriles is 1. The third-order valence-electron chi connectivity index (χ3n) is 2.70. The SMILES string of the molecule is CCOC(=O)C(C)(CC#N)c1cccc(F)c1F. The molecular weight excluding hydrogens is 240 g/mol. The molecule has 0 aliphatic rings. The molecule has 0 aromatic heterocycles. The number of rotatable bonds is 4. The van der Waals surface area contributed by atoms with Gasteiger partial charge in [0, 0.05) is 5.56 Å². The van der Waals surface area contributed by atoms with Gasteiger partial charge in [-0.2, -0.15) is 5.26 Å². The van der Waals surface area contributed by atoms with Crippen LogP contribution in [0.15, 0.2) is 18.2 Å². The van der Waals surface area contributed by atoms with Gasteiger partial charge in [0.15, 0.2) is 11.6 Å². The molecule has 0 amide bonds. The minimum Gasteiger partial charge on any atom is -0.465 e. The van der Waals surface area contributed by atoms with Gasteiger partial charge in [0.25, 0.3) is 0 Å². The summed E-state index contributed by atoms with van der Waals surface area (Å²) in [5.74, 6) is -2.92. The molecule has 0 saturated heterocycles. The van der Waals surface area contributed by atoms with Crippen LogP contribution in [0.3, 0.4) is 0 Å². The number of hydrogen-bond acceptors (Lipinski definition) is 3. The number of halogens is 2. The summed E-state index contributed by atoms with van der Waals surface area (Å²) in [6, 6.07) is 5.34. The Hall–Kier alpha value is -1.96. The molecule has 0 aliphatic heterocycles. The van der Waals surface area contributed by atoms with Crippen LogP contribution in [0.1, 0.15) is 25.8 Å². The first kappa shape index (κ1) is 14.1. The predicted molar refractivity (Wildman–Crippen MR) is 60.6 cm³/mol. The number of carbonyl (C=O) groups is 1. The molecule has 3 nitrogen and oxygen atoms in total. The van der Waals surface area contributed by atoms with E-state index in [-0.39, 0.29) is 18.6 Å². The Balaban J connectivity index is 3.32. The number of ether oxygens (including phenoxy) is 1. The maximum atomic E-state index is 13.7. The van der Waals surface area contributed by atoms with E-state index >= 15 is 0 Å². The molecule has 0 aliphatic carbocycles. The lowest BCUT2D eigenvalue weighted by atomic mass is 9.79. The molecular formula is C13H13F2NO2. The first-order valence-corrected chi connectivity index (χ1v) is 5.46. The molecule has 96 valence electrons. The molecule has 0 radical (unpaired) electrons. The quantitative estimate of drug-likeness (QED) is 0.775. The molecule has 1 atom stereocenters. The minimum absolute atomic E-state index is 0.108. The van der Waals surface area contributed by atoms with Gasteiger partial charge >= 0.3 is 5.97 Å². The van der Waals surface area contributed by atoms with Crippen molar-refractivity contribution in [3.63, 3.8) is 0 Å². The van der Waals surface area contributed by atoms with Crippen molar-refractivity contribution in [1.29, 1.82) is 5.26 Å². The lowest BCUT2D eigenvalue weighted by Gasteiger charge is -2.25. The van der Waals surface area contributed by atoms with Crippen molar-refractivity contribution in [2.75, 3.05) is 6.61 Å². The summed E-state index contributed by atoms with van der Waals surface area (Å²) in [6.45, 7) is 3.08. The molecule has 1 unspecified atom stereocenters. The first-order valence-electron chi connectivity index (χ1n) is 5.46. The van der Waals surface area contributed by atoms with Gasteiger partial charge in [0.2, 0.25) is 0 Å². The number of carbonyl (C=O) groups excluding carboxylic acids is 1. The van der Waals surface area contributed by atoms with Crippen molar-refractivity contribution in [2.24, 2.45) is 0 Å². The highest BCUT2D eigenvalue weighted by molar-refractivity contribution is 5.83. The van der Waals surface area contributed by atoms with Crippen molar-refractivity contribution >= 4 is 5.97 Å². The maximum Gasteiger partial charge on any atom is 0.317 e. The number of esters is 1. The summed E-state index contributed by atoms with van der Waals surface area (Å²) in [6.07, 6.45) is -0.286. The standard InChI is InChI=1S/C13H13F2NO2/c1-3-18-12(17)13(2,7-8-16)9-5-4-6-10(14)11(9)15/h4-6H,3,7H2,1-2H3. The second kappa shape index (κ2) is 5.58. The number of benzene rings is 1. The molecule has 0 spiro atoms. The van der Waals surface area contributed by atoms with Crippen LogP contribution in [0.25, 0.3) is 0 Å². The summed E-state index contributed by atoms with van der Waals surface area (Å²) in [5, 5.41) is 8.77. The van der Waals surface area contributed by atoms with Gasteiger partial charge in [-0.15, -0.1) is 0 Å². The third-order valence-corrected chi connectivity index (χ3v) is 2.70. The molecule has 1 aromatic carbocycles. The first-order chi connectivity index (χ1) is 8.47. The third kappa shape index (κ3) is 2.48. The van der Waals surface area contributed by atoms with E-state index in [0.29, 0.717) is 0 Å². The van der Waals surface area contributed by atoms with Crippen LogP contribution in [-0.4, -0.2) is 12.6 Å². The molecule has 0 fully saturated rings. The molecule has 0 bridgehead atoms. The molecule has 1 aromatic rings. The monoisotopic (exact) mass is 253 g/mol. The van der Waals surface area contributed by atoms with Crippen molar-refractivity contribution < 1.29 is 18.3 Å². The van der Waals surface area contributed by atoms with Gasteiger partial charge < -0.3 is 4.74 Å². The van der Waals surface area contributed by atoms with E-state index in [9.17, 15) is 13.6 Å². The van der Waals surface area contributed by atoms with Crippen molar-refractivity contribution in [1.82, 2.24) is 0 Å². The molecule has 5 heteroatoms. The molecule has 0 N–H and O–H groups in total. The second-order valence-corrected chi connectivity index (χ2v) is 3.99. The van der Waals surface area contributed by atoms with Crippen LogP contribution in [0.2, 0.25) is 0 Å². The summed E-state index contributed by atoms with van der Waals surface area (Å²) in [7, 11) is 0. The Labute approximate surface area is 104 Å². The van der Waals surface area contributed by atoms with Gasteiger partial charge in [-0.1, -0.05) is 12.1 Å². The van der Waals surface area contributed by atoms with Gasteiger partial charge in [0.1, 0.15) is 5.41 Å². The van der Waals surface area contributed by atoms with Crippen LogP contribution in [0.5, 0.6) is 0 Å². The van der Waals surface area contributed by atoms with E-state index < -0.39 is 23.0 Å². The Morgan fingerprint density at radius 1 is 1.50 bits per heavy atom. The highest BCUT2D eigenvalue weighted by atomic mass is 19.2. The van der Waals surface area contributed by atoms with E-state index in [4.69, 9.17) is 10.00 Å². The van der Waals surface area contributed by atoms with E-state index in [1.54, 1.807) is 13.0 Å². The minimum atomic E-state index is -1.50. The maximum absolute atomic E-state index is 13.7. The largest absolute Gasteiger partial charge is 0.465 e. The highest BCUT2D eigenvalue weighted by Crippen LogP contribution is 2.31. The topological polar surface area (TPSA) is 50.1 Å². The van der Waals surface area contributed by atoms with E-state index in [0.717, 1.165) is 6.07 Å². The van der Waals surface area contributed by atoms with E-state index in [1.165, 1.54) is 19.1 Å². The predicted octanol–water partition coefficient (Wildman–Crippen LogP) is 2.70. The Morgan fingerprint density at radius 3 is 2.72 bits per heavy atom. The van der Waals surface area contributed by atoms with Crippen molar-refractivity contribution in [3.8, 4) is 6.07 Å². The summed E-state index contributed by atoms with van der Waals surface area (Å²) < 4.78 is 31.7. The summed E-state index contributed by atoms with van der Waals surface area (Å²) in [4.78, 5) is 11.9. The fourth-order valence-electron chi connectivity index (χ4n) is 1.66. The zero-order chi connectivity index (χ0) is 13.8. The summed E-state index contributed by atoms with van der Waals surface area (Å²) >= 11 is 0. The number of nitrogens with zero attached hydrogens (tertiary/aromatic N) is 1. The van der Waals surface area contributed by atoms with Crippen LogP contribution in [0, 0.1) is 23.0 Å². The zero-order valence-electron chi connectivity index (χ0n) is 10.2. The fourth-order valence-corrected chi connectivity index (χ4v) is 1.66. The molecule has 18 heavy (non-hydrogen) atoms.